The van der Waals surface area contributed by atoms with Crippen LogP contribution in [0.4, 0.5) is 10.5 Å². The van der Waals surface area contributed by atoms with Gasteiger partial charge in [0.25, 0.3) is 0 Å². The highest BCUT2D eigenvalue weighted by molar-refractivity contribution is 6.35. The van der Waals surface area contributed by atoms with Crippen LogP contribution in [0.2, 0.25) is 10.0 Å². The second-order valence-electron chi connectivity index (χ2n) is 5.43. The van der Waals surface area contributed by atoms with Crippen LogP contribution < -0.4 is 10.6 Å². The van der Waals surface area contributed by atoms with Crippen LogP contribution in [0.5, 0.6) is 0 Å². The highest BCUT2D eigenvalue weighted by Gasteiger charge is 2.13. The van der Waals surface area contributed by atoms with Crippen LogP contribution in [0.3, 0.4) is 0 Å². The van der Waals surface area contributed by atoms with E-state index >= 15 is 0 Å². The molecular weight excluding hydrogens is 309 g/mol. The molecule has 1 rings (SSSR count). The van der Waals surface area contributed by atoms with Gasteiger partial charge in [-0.05, 0) is 45.9 Å². The fourth-order valence-corrected chi connectivity index (χ4v) is 2.51. The number of rotatable bonds is 6. The zero-order valence-corrected chi connectivity index (χ0v) is 14.4. The molecule has 0 unspecified atom stereocenters. The van der Waals surface area contributed by atoms with Gasteiger partial charge in [0.15, 0.2) is 0 Å². The monoisotopic (exact) mass is 331 g/mol. The number of nitrogens with one attached hydrogen (secondary N) is 2. The maximum atomic E-state index is 11.9. The molecule has 118 valence electrons. The van der Waals surface area contributed by atoms with Crippen molar-refractivity contribution in [3.05, 3.63) is 28.2 Å². The van der Waals surface area contributed by atoms with Crippen LogP contribution in [-0.4, -0.2) is 36.1 Å². The fraction of sp³-hybridized carbons (Fsp3) is 0.533. The van der Waals surface area contributed by atoms with E-state index in [0.29, 0.717) is 34.4 Å². The summed E-state index contributed by atoms with van der Waals surface area (Å²) in [6, 6.07) is 5.55. The molecule has 2 N–H and O–H groups in total. The number of anilines is 1. The minimum atomic E-state index is -0.286. The highest BCUT2D eigenvalue weighted by atomic mass is 35.5. The second-order valence-corrected chi connectivity index (χ2v) is 6.27. The van der Waals surface area contributed by atoms with E-state index in [1.54, 1.807) is 18.2 Å². The van der Waals surface area contributed by atoms with E-state index in [1.165, 1.54) is 0 Å². The van der Waals surface area contributed by atoms with Gasteiger partial charge in [0.05, 0.1) is 10.7 Å². The number of urea groups is 1. The average molecular weight is 332 g/mol. The van der Waals surface area contributed by atoms with Crippen LogP contribution >= 0.6 is 23.2 Å². The van der Waals surface area contributed by atoms with Crippen molar-refractivity contribution in [1.29, 1.82) is 0 Å². The van der Waals surface area contributed by atoms with Crippen LogP contribution in [0.25, 0.3) is 0 Å². The normalized spacial score (nSPS) is 11.3. The van der Waals surface area contributed by atoms with Gasteiger partial charge in [-0.2, -0.15) is 0 Å². The first-order valence-corrected chi connectivity index (χ1v) is 7.82. The summed E-state index contributed by atoms with van der Waals surface area (Å²) in [5, 5.41) is 6.51. The van der Waals surface area contributed by atoms with E-state index in [2.05, 4.69) is 43.2 Å². The predicted molar refractivity (Wildman–Crippen MR) is 90.5 cm³/mol. The molecule has 0 aliphatic rings. The lowest BCUT2D eigenvalue weighted by Gasteiger charge is -2.30. The molecule has 0 aliphatic carbocycles. The summed E-state index contributed by atoms with van der Waals surface area (Å²) in [7, 11) is 0. The second kappa shape index (κ2) is 8.47. The first kappa shape index (κ1) is 18.1. The van der Waals surface area contributed by atoms with Gasteiger partial charge < -0.3 is 10.6 Å². The Bertz CT molecular complexity index is 470. The zero-order valence-electron chi connectivity index (χ0n) is 12.9. The average Bonchev–Trinajstić information content (AvgIpc) is 2.38. The number of carbonyl (C=O) groups is 1. The van der Waals surface area contributed by atoms with Gasteiger partial charge in [-0.15, -0.1) is 0 Å². The van der Waals surface area contributed by atoms with E-state index < -0.39 is 0 Å². The van der Waals surface area contributed by atoms with Crippen LogP contribution in [0.1, 0.15) is 27.7 Å². The van der Waals surface area contributed by atoms with E-state index in [9.17, 15) is 4.79 Å². The van der Waals surface area contributed by atoms with Crippen molar-refractivity contribution < 1.29 is 4.79 Å². The smallest absolute Gasteiger partial charge is 0.319 e. The van der Waals surface area contributed by atoms with Crippen molar-refractivity contribution >= 4 is 34.9 Å². The maximum Gasteiger partial charge on any atom is 0.319 e. The quantitative estimate of drug-likeness (QED) is 0.819. The molecule has 21 heavy (non-hydrogen) atoms. The van der Waals surface area contributed by atoms with Crippen molar-refractivity contribution in [2.75, 3.05) is 18.4 Å². The van der Waals surface area contributed by atoms with E-state index in [-0.39, 0.29) is 6.03 Å². The van der Waals surface area contributed by atoms with Crippen LogP contribution in [0, 0.1) is 0 Å². The zero-order chi connectivity index (χ0) is 16.0. The molecule has 0 fully saturated rings. The Hall–Kier alpha value is -0.970. The summed E-state index contributed by atoms with van der Waals surface area (Å²) in [6.07, 6.45) is 0. The maximum absolute atomic E-state index is 11.9. The fourth-order valence-electron chi connectivity index (χ4n) is 2.17. The lowest BCUT2D eigenvalue weighted by atomic mass is 10.2. The Balaban J connectivity index is 2.46. The molecule has 6 heteroatoms. The SMILES string of the molecule is CC(C)N(CCNC(=O)Nc1cc(Cl)ccc1Cl)C(C)C. The number of amides is 2. The summed E-state index contributed by atoms with van der Waals surface area (Å²) in [5.41, 5.74) is 0.506. The predicted octanol–water partition coefficient (Wildman–Crippen LogP) is 4.23. The van der Waals surface area contributed by atoms with Gasteiger partial charge in [-0.1, -0.05) is 23.2 Å². The molecular formula is C15H23Cl2N3O. The summed E-state index contributed by atoms with van der Waals surface area (Å²) >= 11 is 11.9. The van der Waals surface area contributed by atoms with Gasteiger partial charge >= 0.3 is 6.03 Å². The minimum Gasteiger partial charge on any atom is -0.337 e. The van der Waals surface area contributed by atoms with Gasteiger partial charge in [-0.3, -0.25) is 4.90 Å². The molecule has 0 bridgehead atoms. The number of halogens is 2. The number of carbonyl (C=O) groups excluding carboxylic acids is 1. The van der Waals surface area contributed by atoms with Gasteiger partial charge in [0.2, 0.25) is 0 Å². The number of benzene rings is 1. The number of hydrogen-bond acceptors (Lipinski definition) is 2. The molecule has 0 radical (unpaired) electrons. The molecule has 0 aliphatic heterocycles. The standard InChI is InChI=1S/C15H23Cl2N3O/c1-10(2)20(11(3)4)8-7-18-15(21)19-14-9-12(16)5-6-13(14)17/h5-6,9-11H,7-8H2,1-4H3,(H2,18,19,21). The van der Waals surface area contributed by atoms with Crippen molar-refractivity contribution in [3.63, 3.8) is 0 Å². The van der Waals surface area contributed by atoms with Gasteiger partial charge in [-0.25, -0.2) is 4.79 Å². The van der Waals surface area contributed by atoms with E-state index in [4.69, 9.17) is 23.2 Å². The van der Waals surface area contributed by atoms with Crippen LogP contribution in [0.15, 0.2) is 18.2 Å². The number of hydrogen-bond donors (Lipinski definition) is 2. The van der Waals surface area contributed by atoms with Crippen molar-refractivity contribution in [2.24, 2.45) is 0 Å². The first-order valence-electron chi connectivity index (χ1n) is 7.07. The largest absolute Gasteiger partial charge is 0.337 e. The Labute approximate surface area is 136 Å². The lowest BCUT2D eigenvalue weighted by molar-refractivity contribution is 0.176. The number of nitrogens with zero attached hydrogens (tertiary/aromatic N) is 1. The van der Waals surface area contributed by atoms with Crippen LogP contribution in [-0.2, 0) is 0 Å². The minimum absolute atomic E-state index is 0.286. The van der Waals surface area contributed by atoms with E-state index in [0.717, 1.165) is 6.54 Å². The molecule has 0 aromatic heterocycles. The summed E-state index contributed by atoms with van der Waals surface area (Å²) in [4.78, 5) is 14.2. The van der Waals surface area contributed by atoms with Crippen molar-refractivity contribution in [3.8, 4) is 0 Å². The third kappa shape index (κ3) is 6.12. The molecule has 1 aromatic rings. The van der Waals surface area contributed by atoms with Gasteiger partial charge in [0.1, 0.15) is 0 Å². The van der Waals surface area contributed by atoms with Crippen molar-refractivity contribution in [2.45, 2.75) is 39.8 Å². The Morgan fingerprint density at radius 1 is 1.19 bits per heavy atom. The third-order valence-electron chi connectivity index (χ3n) is 3.16. The molecule has 1 aromatic carbocycles. The lowest BCUT2D eigenvalue weighted by Crippen LogP contribution is -2.43. The summed E-state index contributed by atoms with van der Waals surface area (Å²) in [5.74, 6) is 0. The molecule has 0 saturated heterocycles. The summed E-state index contributed by atoms with van der Waals surface area (Å²) < 4.78 is 0. The highest BCUT2D eigenvalue weighted by Crippen LogP contribution is 2.25. The summed E-state index contributed by atoms with van der Waals surface area (Å²) in [6.45, 7) is 9.95. The Morgan fingerprint density at radius 2 is 1.81 bits per heavy atom. The van der Waals surface area contributed by atoms with Crippen molar-refractivity contribution in [1.82, 2.24) is 10.2 Å². The van der Waals surface area contributed by atoms with E-state index in [1.807, 2.05) is 0 Å². The third-order valence-corrected chi connectivity index (χ3v) is 3.72. The Morgan fingerprint density at radius 3 is 2.38 bits per heavy atom. The first-order chi connectivity index (χ1) is 9.81. The molecule has 2 amide bonds. The topological polar surface area (TPSA) is 44.4 Å². The Kier molecular flexibility index (Phi) is 7.29. The van der Waals surface area contributed by atoms with Gasteiger partial charge in [0, 0.05) is 30.2 Å². The molecule has 0 atom stereocenters. The molecule has 0 saturated carbocycles. The molecule has 4 nitrogen and oxygen atoms in total. The molecule has 0 spiro atoms. The molecule has 0 heterocycles.